The average molecular weight is 1300 g/mol. The third kappa shape index (κ3) is 61.6. The molecule has 0 aromatic carbocycles. The van der Waals surface area contributed by atoms with E-state index in [1.54, 1.807) is 0 Å². The molecule has 0 aromatic rings. The number of phosphoric ester groups is 2. The zero-order chi connectivity index (χ0) is 65.2. The predicted molar refractivity (Wildman–Crippen MR) is 354 cm³/mol. The lowest BCUT2D eigenvalue weighted by atomic mass is 9.99. The highest BCUT2D eigenvalue weighted by Crippen LogP contribution is 2.45. The van der Waals surface area contributed by atoms with E-state index in [0.717, 1.165) is 120 Å². The van der Waals surface area contributed by atoms with E-state index in [2.05, 4.69) is 48.5 Å². The van der Waals surface area contributed by atoms with Crippen LogP contribution < -0.4 is 0 Å². The lowest BCUT2D eigenvalue weighted by Gasteiger charge is -2.21. The summed E-state index contributed by atoms with van der Waals surface area (Å²) in [6.45, 7) is 11.8. The highest BCUT2D eigenvalue weighted by atomic mass is 31.2. The maximum atomic E-state index is 13.0. The molecule has 0 heterocycles. The van der Waals surface area contributed by atoms with Crippen molar-refractivity contribution < 1.29 is 80.2 Å². The van der Waals surface area contributed by atoms with E-state index in [-0.39, 0.29) is 25.7 Å². The Morgan fingerprint density at radius 3 is 0.864 bits per heavy atom. The Balaban J connectivity index is 5.22. The standard InChI is InChI=1S/C69H134O17P2/c1-8-10-11-12-26-36-43-50-66(71)79-56-64(85-69(74)53-46-39-32-25-18-16-21-28-34-41-48-61(5)6)58-83-87(75,76)81-54-63(70)55-82-88(77,78)84-59-65(86-68(73)52-45-38-31-24-15-13-14-20-27-33-40-47-60(3)4)57-80-67(72)51-44-37-30-23-19-17-22-29-35-42-49-62(7)9-2/h60-65,70H,8-59H2,1-7H3,(H,75,76)(H,77,78)/t62?,63-,64+,65+/m0/s1. The van der Waals surface area contributed by atoms with Crippen LogP contribution >= 0.6 is 15.6 Å². The van der Waals surface area contributed by atoms with E-state index in [9.17, 15) is 43.2 Å². The van der Waals surface area contributed by atoms with Crippen molar-refractivity contribution in [3.8, 4) is 0 Å². The normalized spacial score (nSPS) is 14.5. The molecule has 6 atom stereocenters. The van der Waals surface area contributed by atoms with Gasteiger partial charge in [0.25, 0.3) is 0 Å². The van der Waals surface area contributed by atoms with Gasteiger partial charge in [0.15, 0.2) is 12.2 Å². The van der Waals surface area contributed by atoms with Gasteiger partial charge in [-0.15, -0.1) is 0 Å². The largest absolute Gasteiger partial charge is 0.472 e. The van der Waals surface area contributed by atoms with Gasteiger partial charge in [-0.05, 0) is 43.4 Å². The average Bonchev–Trinajstić information content (AvgIpc) is 3.54. The van der Waals surface area contributed by atoms with Gasteiger partial charge in [-0.3, -0.25) is 37.3 Å². The van der Waals surface area contributed by atoms with Crippen molar-refractivity contribution in [1.82, 2.24) is 0 Å². The monoisotopic (exact) mass is 1300 g/mol. The Morgan fingerprint density at radius 2 is 0.580 bits per heavy atom. The van der Waals surface area contributed by atoms with Gasteiger partial charge in [-0.1, -0.05) is 292 Å². The zero-order valence-corrected chi connectivity index (χ0v) is 59.0. The molecule has 0 bridgehead atoms. The summed E-state index contributed by atoms with van der Waals surface area (Å²) in [5, 5.41) is 10.6. The van der Waals surface area contributed by atoms with Crippen molar-refractivity contribution in [2.24, 2.45) is 17.8 Å². The van der Waals surface area contributed by atoms with Gasteiger partial charge < -0.3 is 33.8 Å². The molecule has 522 valence electrons. The van der Waals surface area contributed by atoms with Crippen molar-refractivity contribution in [1.29, 1.82) is 0 Å². The van der Waals surface area contributed by atoms with Crippen molar-refractivity contribution >= 4 is 39.5 Å². The summed E-state index contributed by atoms with van der Waals surface area (Å²) >= 11 is 0. The van der Waals surface area contributed by atoms with Crippen molar-refractivity contribution in [3.05, 3.63) is 0 Å². The van der Waals surface area contributed by atoms with Gasteiger partial charge in [0.05, 0.1) is 26.4 Å². The third-order valence-corrected chi connectivity index (χ3v) is 18.1. The maximum Gasteiger partial charge on any atom is 0.472 e. The van der Waals surface area contributed by atoms with Crippen molar-refractivity contribution in [2.75, 3.05) is 39.6 Å². The second-order valence-electron chi connectivity index (χ2n) is 26.1. The lowest BCUT2D eigenvalue weighted by Crippen LogP contribution is -2.30. The number of aliphatic hydroxyl groups excluding tert-OH is 1. The second-order valence-corrected chi connectivity index (χ2v) is 29.0. The Bertz CT molecular complexity index is 1730. The molecule has 0 amide bonds. The molecule has 0 aliphatic heterocycles. The van der Waals surface area contributed by atoms with E-state index < -0.39 is 97.5 Å². The molecule has 0 rings (SSSR count). The molecule has 3 N–H and O–H groups in total. The number of carbonyl (C=O) groups excluding carboxylic acids is 4. The number of esters is 4. The fraction of sp³-hybridized carbons (Fsp3) is 0.942. The highest BCUT2D eigenvalue weighted by molar-refractivity contribution is 7.47. The van der Waals surface area contributed by atoms with Crippen LogP contribution in [-0.2, 0) is 65.4 Å². The Labute approximate surface area is 537 Å². The number of unbranched alkanes of at least 4 members (excludes halogenated alkanes) is 34. The summed E-state index contributed by atoms with van der Waals surface area (Å²) in [6.07, 6.45) is 43.0. The molecule has 3 unspecified atom stereocenters. The van der Waals surface area contributed by atoms with Crippen molar-refractivity contribution in [2.45, 2.75) is 362 Å². The van der Waals surface area contributed by atoms with E-state index in [0.29, 0.717) is 25.7 Å². The van der Waals surface area contributed by atoms with Crippen LogP contribution in [0.25, 0.3) is 0 Å². The summed E-state index contributed by atoms with van der Waals surface area (Å²) in [6, 6.07) is 0. The fourth-order valence-corrected chi connectivity index (χ4v) is 11.9. The van der Waals surface area contributed by atoms with Gasteiger partial charge in [0, 0.05) is 25.7 Å². The van der Waals surface area contributed by atoms with E-state index >= 15 is 0 Å². The minimum absolute atomic E-state index is 0.105. The predicted octanol–water partition coefficient (Wildman–Crippen LogP) is 19.5. The molecular formula is C69H134O17P2. The van der Waals surface area contributed by atoms with Crippen LogP contribution in [0.1, 0.15) is 344 Å². The molecule has 0 saturated heterocycles. The van der Waals surface area contributed by atoms with E-state index in [1.807, 2.05) is 0 Å². The van der Waals surface area contributed by atoms with Gasteiger partial charge in [0.2, 0.25) is 0 Å². The molecule has 0 radical (unpaired) electrons. The third-order valence-electron chi connectivity index (χ3n) is 16.2. The number of hydrogen-bond acceptors (Lipinski definition) is 15. The second kappa shape index (κ2) is 60.0. The fourth-order valence-electron chi connectivity index (χ4n) is 10.3. The first kappa shape index (κ1) is 86.1. The van der Waals surface area contributed by atoms with Crippen LogP contribution in [0.5, 0.6) is 0 Å². The maximum absolute atomic E-state index is 13.0. The first-order chi connectivity index (χ1) is 42.3. The smallest absolute Gasteiger partial charge is 0.462 e. The molecule has 0 aromatic heterocycles. The van der Waals surface area contributed by atoms with Crippen LogP contribution in [0.2, 0.25) is 0 Å². The first-order valence-corrected chi connectivity index (χ1v) is 38.9. The first-order valence-electron chi connectivity index (χ1n) is 35.9. The summed E-state index contributed by atoms with van der Waals surface area (Å²) < 4.78 is 68.2. The molecule has 0 spiro atoms. The number of rotatable bonds is 67. The van der Waals surface area contributed by atoms with Gasteiger partial charge in [-0.2, -0.15) is 0 Å². The minimum Gasteiger partial charge on any atom is -0.462 e. The number of carbonyl (C=O) groups is 4. The van der Waals surface area contributed by atoms with Gasteiger partial charge in [0.1, 0.15) is 19.3 Å². The van der Waals surface area contributed by atoms with E-state index in [1.165, 1.54) is 141 Å². The molecule has 0 aliphatic carbocycles. The molecule has 19 heteroatoms. The lowest BCUT2D eigenvalue weighted by molar-refractivity contribution is -0.161. The molecule has 88 heavy (non-hydrogen) atoms. The Morgan fingerprint density at radius 1 is 0.330 bits per heavy atom. The molecule has 0 saturated carbocycles. The topological polar surface area (TPSA) is 237 Å². The minimum atomic E-state index is -4.95. The number of ether oxygens (including phenoxy) is 4. The highest BCUT2D eigenvalue weighted by Gasteiger charge is 2.30. The molecular weight excluding hydrogens is 1160 g/mol. The van der Waals surface area contributed by atoms with Crippen LogP contribution in [0, 0.1) is 17.8 Å². The van der Waals surface area contributed by atoms with Crippen molar-refractivity contribution in [3.63, 3.8) is 0 Å². The summed E-state index contributed by atoms with van der Waals surface area (Å²) in [7, 11) is -9.90. The van der Waals surface area contributed by atoms with Crippen LogP contribution in [-0.4, -0.2) is 96.7 Å². The summed E-state index contributed by atoms with van der Waals surface area (Å²) in [4.78, 5) is 72.4. The number of phosphoric acid groups is 2. The quantitative estimate of drug-likeness (QED) is 0.0222. The molecule has 0 aliphatic rings. The molecule has 17 nitrogen and oxygen atoms in total. The summed E-state index contributed by atoms with van der Waals surface area (Å²) in [5.74, 6) is 0.196. The molecule has 0 fully saturated rings. The Kier molecular flexibility index (Phi) is 58.7. The van der Waals surface area contributed by atoms with Crippen LogP contribution in [0.15, 0.2) is 0 Å². The number of aliphatic hydroxyl groups is 1. The zero-order valence-electron chi connectivity index (χ0n) is 57.2. The van der Waals surface area contributed by atoms with Crippen LogP contribution in [0.3, 0.4) is 0 Å². The number of hydrogen-bond donors (Lipinski definition) is 3. The SMILES string of the molecule is CCCCCCCCCC(=O)OC[C@H](COP(=O)(O)OC[C@H](O)COP(=O)(O)OC[C@@H](COC(=O)CCCCCCCCCCCCC(C)CC)OC(=O)CCCCCCCCCCCCCC(C)C)OC(=O)CCCCCCCCCCCCC(C)C. The van der Waals surface area contributed by atoms with Crippen LogP contribution in [0.4, 0.5) is 0 Å². The van der Waals surface area contributed by atoms with Gasteiger partial charge in [-0.25, -0.2) is 9.13 Å². The van der Waals surface area contributed by atoms with Gasteiger partial charge >= 0.3 is 39.5 Å². The summed E-state index contributed by atoms with van der Waals surface area (Å²) in [5.41, 5.74) is 0. The van der Waals surface area contributed by atoms with E-state index in [4.69, 9.17) is 37.0 Å². The Hall–Kier alpha value is -1.94.